The van der Waals surface area contributed by atoms with Gasteiger partial charge in [0.15, 0.2) is 0 Å². The van der Waals surface area contributed by atoms with Gasteiger partial charge < -0.3 is 5.32 Å². The molecular weight excluding hydrogens is 210 g/mol. The lowest BCUT2D eigenvalue weighted by Crippen LogP contribution is -2.21. The van der Waals surface area contributed by atoms with E-state index in [1.165, 1.54) is 25.7 Å². The molecule has 17 heavy (non-hydrogen) atoms. The van der Waals surface area contributed by atoms with Crippen LogP contribution < -0.4 is 5.32 Å². The molecule has 1 heterocycles. The average Bonchev–Trinajstić information content (AvgIpc) is 2.28. The Balaban J connectivity index is 2.15. The van der Waals surface area contributed by atoms with Gasteiger partial charge >= 0.3 is 0 Å². The first-order valence-corrected chi connectivity index (χ1v) is 6.53. The van der Waals surface area contributed by atoms with Gasteiger partial charge in [-0.25, -0.2) is 9.97 Å². The van der Waals surface area contributed by atoms with Crippen molar-refractivity contribution in [3.8, 4) is 0 Å². The Morgan fingerprint density at radius 2 is 1.88 bits per heavy atom. The normalized spacial score (nSPS) is 20.2. The molecule has 1 aromatic heterocycles. The Hall–Kier alpha value is -1.12. The second-order valence-corrected chi connectivity index (χ2v) is 5.94. The molecule has 1 aliphatic carbocycles. The molecule has 1 N–H and O–H groups in total. The third-order valence-electron chi connectivity index (χ3n) is 3.83. The van der Waals surface area contributed by atoms with E-state index in [2.05, 4.69) is 29.1 Å². The summed E-state index contributed by atoms with van der Waals surface area (Å²) in [6.45, 7) is 6.76. The fraction of sp³-hybridized carbons (Fsp3) is 0.714. The van der Waals surface area contributed by atoms with Gasteiger partial charge in [-0.05, 0) is 38.0 Å². The molecule has 1 aliphatic rings. The fourth-order valence-electron chi connectivity index (χ4n) is 2.56. The largest absolute Gasteiger partial charge is 0.373 e. The maximum Gasteiger partial charge on any atom is 0.134 e. The number of anilines is 1. The van der Waals surface area contributed by atoms with Gasteiger partial charge in [0, 0.05) is 24.7 Å². The summed E-state index contributed by atoms with van der Waals surface area (Å²) in [5.74, 6) is 2.53. The lowest BCUT2D eigenvalue weighted by Gasteiger charge is -2.33. The molecule has 0 aliphatic heterocycles. The van der Waals surface area contributed by atoms with Crippen molar-refractivity contribution in [2.24, 2.45) is 5.41 Å². The van der Waals surface area contributed by atoms with E-state index in [0.717, 1.165) is 17.3 Å². The van der Waals surface area contributed by atoms with Crippen molar-refractivity contribution < 1.29 is 0 Å². The molecule has 0 bridgehead atoms. The number of hydrogen-bond donors (Lipinski definition) is 1. The summed E-state index contributed by atoms with van der Waals surface area (Å²) in [7, 11) is 1.91. The van der Waals surface area contributed by atoms with Crippen molar-refractivity contribution in [2.75, 3.05) is 12.4 Å². The molecule has 0 spiro atoms. The van der Waals surface area contributed by atoms with Crippen LogP contribution in [0.5, 0.6) is 0 Å². The van der Waals surface area contributed by atoms with Crippen LogP contribution in [0.3, 0.4) is 0 Å². The van der Waals surface area contributed by atoms with Crippen molar-refractivity contribution in [1.29, 1.82) is 0 Å². The highest BCUT2D eigenvalue weighted by molar-refractivity contribution is 5.35. The minimum atomic E-state index is 0.506. The highest BCUT2D eigenvalue weighted by atomic mass is 15.0. The number of rotatable bonds is 2. The highest BCUT2D eigenvalue weighted by Gasteiger charge is 2.29. The number of nitrogens with one attached hydrogen (secondary N) is 1. The maximum atomic E-state index is 4.60. The van der Waals surface area contributed by atoms with E-state index in [-0.39, 0.29) is 0 Å². The minimum absolute atomic E-state index is 0.506. The summed E-state index contributed by atoms with van der Waals surface area (Å²) in [6.07, 6.45) is 5.01. The smallest absolute Gasteiger partial charge is 0.134 e. The molecule has 2 rings (SSSR count). The van der Waals surface area contributed by atoms with Crippen LogP contribution in [0.1, 0.15) is 57.0 Å². The van der Waals surface area contributed by atoms with Crippen LogP contribution in [0, 0.1) is 12.3 Å². The van der Waals surface area contributed by atoms with Gasteiger partial charge in [0.2, 0.25) is 0 Å². The molecule has 0 aromatic carbocycles. The Kier molecular flexibility index (Phi) is 3.36. The molecular formula is C14H23N3. The zero-order chi connectivity index (χ0) is 12.5. The molecule has 0 saturated heterocycles. The fourth-order valence-corrected chi connectivity index (χ4v) is 2.56. The maximum absolute atomic E-state index is 4.60. The van der Waals surface area contributed by atoms with Crippen LogP contribution in [-0.4, -0.2) is 17.0 Å². The van der Waals surface area contributed by atoms with Crippen LogP contribution in [-0.2, 0) is 0 Å². The summed E-state index contributed by atoms with van der Waals surface area (Å²) >= 11 is 0. The van der Waals surface area contributed by atoms with Crippen LogP contribution in [0.25, 0.3) is 0 Å². The van der Waals surface area contributed by atoms with Gasteiger partial charge in [-0.3, -0.25) is 0 Å². The van der Waals surface area contributed by atoms with E-state index in [4.69, 9.17) is 0 Å². The summed E-state index contributed by atoms with van der Waals surface area (Å²) in [4.78, 5) is 9.20. The minimum Gasteiger partial charge on any atom is -0.373 e. The van der Waals surface area contributed by atoms with E-state index < -0.39 is 0 Å². The number of aryl methyl sites for hydroxylation is 1. The van der Waals surface area contributed by atoms with Crippen molar-refractivity contribution in [2.45, 2.75) is 52.4 Å². The molecule has 1 saturated carbocycles. The van der Waals surface area contributed by atoms with Crippen LogP contribution in [0.2, 0.25) is 0 Å². The lowest BCUT2D eigenvalue weighted by atomic mass is 9.73. The first-order chi connectivity index (χ1) is 8.00. The van der Waals surface area contributed by atoms with Crippen LogP contribution >= 0.6 is 0 Å². The molecule has 1 aromatic rings. The molecule has 0 amide bonds. The molecule has 3 heteroatoms. The Morgan fingerprint density at radius 1 is 1.24 bits per heavy atom. The number of hydrogen-bond acceptors (Lipinski definition) is 3. The van der Waals surface area contributed by atoms with Gasteiger partial charge in [0.05, 0.1) is 0 Å². The first-order valence-electron chi connectivity index (χ1n) is 6.53. The lowest BCUT2D eigenvalue weighted by molar-refractivity contribution is 0.221. The van der Waals surface area contributed by atoms with Crippen molar-refractivity contribution in [3.05, 3.63) is 17.6 Å². The topological polar surface area (TPSA) is 37.8 Å². The standard InChI is InChI=1S/C14H23N3/c1-10-9-12(15-4)17-13(16-10)11-5-7-14(2,3)8-6-11/h9,11H,5-8H2,1-4H3,(H,15,16,17). The van der Waals surface area contributed by atoms with Gasteiger partial charge in [0.25, 0.3) is 0 Å². The van der Waals surface area contributed by atoms with E-state index in [1.807, 2.05) is 20.0 Å². The first kappa shape index (κ1) is 12.3. The number of aromatic nitrogens is 2. The third-order valence-corrected chi connectivity index (χ3v) is 3.83. The van der Waals surface area contributed by atoms with E-state index in [1.54, 1.807) is 0 Å². The third kappa shape index (κ3) is 2.96. The molecule has 0 atom stereocenters. The number of nitrogens with zero attached hydrogens (tertiary/aromatic N) is 2. The average molecular weight is 233 g/mol. The summed E-state index contributed by atoms with van der Waals surface area (Å²) in [5.41, 5.74) is 1.57. The Morgan fingerprint density at radius 3 is 2.47 bits per heavy atom. The zero-order valence-corrected chi connectivity index (χ0v) is 11.4. The van der Waals surface area contributed by atoms with Gasteiger partial charge in [-0.2, -0.15) is 0 Å². The molecule has 94 valence electrons. The van der Waals surface area contributed by atoms with Gasteiger partial charge in [0.1, 0.15) is 11.6 Å². The van der Waals surface area contributed by atoms with E-state index in [0.29, 0.717) is 11.3 Å². The molecule has 1 fully saturated rings. The van der Waals surface area contributed by atoms with Crippen LogP contribution in [0.15, 0.2) is 6.07 Å². The zero-order valence-electron chi connectivity index (χ0n) is 11.4. The SMILES string of the molecule is CNc1cc(C)nc(C2CCC(C)(C)CC2)n1. The van der Waals surface area contributed by atoms with Crippen molar-refractivity contribution in [1.82, 2.24) is 9.97 Å². The van der Waals surface area contributed by atoms with Crippen LogP contribution in [0.4, 0.5) is 5.82 Å². The van der Waals surface area contributed by atoms with Gasteiger partial charge in [-0.1, -0.05) is 13.8 Å². The van der Waals surface area contributed by atoms with Crippen molar-refractivity contribution >= 4 is 5.82 Å². The summed E-state index contributed by atoms with van der Waals surface area (Å²) in [5, 5.41) is 3.11. The molecule has 3 nitrogen and oxygen atoms in total. The Bertz CT molecular complexity index is 388. The summed E-state index contributed by atoms with van der Waals surface area (Å²) in [6, 6.07) is 2.00. The van der Waals surface area contributed by atoms with E-state index >= 15 is 0 Å². The second kappa shape index (κ2) is 4.63. The predicted molar refractivity (Wildman–Crippen MR) is 71.3 cm³/mol. The Labute approximate surface area is 104 Å². The second-order valence-electron chi connectivity index (χ2n) is 5.94. The summed E-state index contributed by atoms with van der Waals surface area (Å²) < 4.78 is 0. The molecule has 0 unspecified atom stereocenters. The quantitative estimate of drug-likeness (QED) is 0.849. The molecule has 0 radical (unpaired) electrons. The highest BCUT2D eigenvalue weighted by Crippen LogP contribution is 2.41. The monoisotopic (exact) mass is 233 g/mol. The van der Waals surface area contributed by atoms with E-state index in [9.17, 15) is 0 Å². The predicted octanol–water partition coefficient (Wildman–Crippen LogP) is 3.51. The van der Waals surface area contributed by atoms with Gasteiger partial charge in [-0.15, -0.1) is 0 Å². The van der Waals surface area contributed by atoms with Crippen molar-refractivity contribution in [3.63, 3.8) is 0 Å².